The summed E-state index contributed by atoms with van der Waals surface area (Å²) in [6.45, 7) is -2.63. The first kappa shape index (κ1) is 63.7. The third-order valence-electron chi connectivity index (χ3n) is 20.6. The van der Waals surface area contributed by atoms with E-state index >= 15 is 0 Å². The maximum absolute atomic E-state index is 13.9. The molecule has 0 radical (unpaired) electrons. The SMILES string of the molecule is CC(OC(=O)COCC(=O)OC1C2CC3C1OC(=O)C3C2C(=O)OC1(C2CC3CCC2O3)CCCC1)C(F)(F)S(=O)(=O)[O-].CC(OC(=O)COCC(=O)OC1C2CC3C1OC(=O)C3C2C(=O)OC1(C2CC3CCC2O3)CCCCC1)C(F)(F)S(=O)(=O)[O-]. The summed E-state index contributed by atoms with van der Waals surface area (Å²) < 4.78 is 183. The van der Waals surface area contributed by atoms with Gasteiger partial charge in [-0.2, -0.15) is 17.6 Å². The summed E-state index contributed by atoms with van der Waals surface area (Å²) >= 11 is 0. The molecule has 0 spiro atoms. The van der Waals surface area contributed by atoms with Crippen LogP contribution in [0, 0.1) is 59.2 Å². The van der Waals surface area contributed by atoms with E-state index in [2.05, 4.69) is 9.47 Å². The Morgan fingerprint density at radius 3 is 1.23 bits per heavy atom. The summed E-state index contributed by atoms with van der Waals surface area (Å²) in [5, 5.41) is -9.72. The van der Waals surface area contributed by atoms with Crippen LogP contribution < -0.4 is 0 Å². The maximum Gasteiger partial charge on any atom is 0.370 e. The third-order valence-corrected chi connectivity index (χ3v) is 22.6. The van der Waals surface area contributed by atoms with E-state index in [1.807, 2.05) is 0 Å². The Morgan fingerprint density at radius 2 is 0.897 bits per heavy atom. The summed E-state index contributed by atoms with van der Waals surface area (Å²) in [6, 6.07) is 0. The van der Waals surface area contributed by atoms with Crippen LogP contribution in [0.25, 0.3) is 0 Å². The molecule has 12 rings (SSSR count). The minimum Gasteiger partial charge on any atom is -0.743 e. The molecule has 26 nitrogen and oxygen atoms in total. The molecule has 12 aliphatic rings. The Bertz CT molecular complexity index is 2970. The molecule has 0 aromatic carbocycles. The highest BCUT2D eigenvalue weighted by molar-refractivity contribution is 7.87. The zero-order chi connectivity index (χ0) is 62.5. The second kappa shape index (κ2) is 23.7. The van der Waals surface area contributed by atoms with Crippen LogP contribution in [0.5, 0.6) is 0 Å². The Balaban J connectivity index is 0.000000180. The molecule has 12 fully saturated rings. The fraction of sp³-hybridized carbons (Fsp3) is 0.855. The highest BCUT2D eigenvalue weighted by atomic mass is 32.2. The van der Waals surface area contributed by atoms with Crippen LogP contribution in [0.3, 0.4) is 0 Å². The Morgan fingerprint density at radius 1 is 0.540 bits per heavy atom. The zero-order valence-corrected chi connectivity index (χ0v) is 49.0. The molecule has 6 saturated heterocycles. The molecule has 486 valence electrons. The number of alkyl halides is 4. The first-order chi connectivity index (χ1) is 40.9. The lowest BCUT2D eigenvalue weighted by molar-refractivity contribution is -0.187. The van der Waals surface area contributed by atoms with E-state index in [9.17, 15) is 81.9 Å². The average molecular weight is 1290 g/mol. The highest BCUT2D eigenvalue weighted by Gasteiger charge is 2.73. The number of carbonyl (C=O) groups excluding carboxylic acids is 8. The summed E-state index contributed by atoms with van der Waals surface area (Å²) in [6.07, 6.45) is 6.03. The molecule has 6 aliphatic carbocycles. The summed E-state index contributed by atoms with van der Waals surface area (Å²) in [5.74, 6) is -11.4. The van der Waals surface area contributed by atoms with Gasteiger partial charge in [0.25, 0.3) is 0 Å². The summed E-state index contributed by atoms with van der Waals surface area (Å²) in [7, 11) is -12.2. The number of ether oxygens (including phenoxy) is 12. The van der Waals surface area contributed by atoms with Gasteiger partial charge in [0.1, 0.15) is 62.0 Å². The van der Waals surface area contributed by atoms with Crippen molar-refractivity contribution in [3.8, 4) is 0 Å². The molecule has 0 aromatic rings. The molecule has 20 unspecified atom stereocenters. The third kappa shape index (κ3) is 11.7. The average Bonchev–Trinajstić information content (AvgIpc) is 1.56. The van der Waals surface area contributed by atoms with Crippen molar-refractivity contribution in [2.75, 3.05) is 26.4 Å². The number of esters is 8. The fourth-order valence-corrected chi connectivity index (χ4v) is 17.8. The molecule has 0 N–H and O–H groups in total. The van der Waals surface area contributed by atoms with Gasteiger partial charge in [0.05, 0.1) is 48.1 Å². The Labute approximate surface area is 496 Å². The van der Waals surface area contributed by atoms with Crippen molar-refractivity contribution in [1.82, 2.24) is 0 Å². The fourth-order valence-electron chi connectivity index (χ4n) is 16.9. The smallest absolute Gasteiger partial charge is 0.370 e. The van der Waals surface area contributed by atoms with Gasteiger partial charge in [-0.1, -0.05) is 6.42 Å². The van der Waals surface area contributed by atoms with Crippen LogP contribution >= 0.6 is 0 Å². The Hall–Kier alpha value is -4.86. The number of rotatable bonds is 22. The Kier molecular flexibility index (Phi) is 17.4. The van der Waals surface area contributed by atoms with Crippen LogP contribution in [-0.4, -0.2) is 183 Å². The molecule has 87 heavy (non-hydrogen) atoms. The van der Waals surface area contributed by atoms with Crippen molar-refractivity contribution in [2.24, 2.45) is 59.2 Å². The molecular formula is C55H68F4O26S2-2. The van der Waals surface area contributed by atoms with Crippen LogP contribution in [0.15, 0.2) is 0 Å². The van der Waals surface area contributed by atoms with Gasteiger partial charge in [-0.3, -0.25) is 19.2 Å². The number of carbonyl (C=O) groups is 8. The molecule has 0 aromatic heterocycles. The minimum absolute atomic E-state index is 0.0529. The normalized spacial score (nSPS) is 37.6. The predicted octanol–water partition coefficient (Wildman–Crippen LogP) is 2.82. The quantitative estimate of drug-likeness (QED) is 0.0651. The number of fused-ring (bicyclic) bond motifs is 6. The second-order valence-corrected chi connectivity index (χ2v) is 28.3. The van der Waals surface area contributed by atoms with Crippen LogP contribution in [0.4, 0.5) is 17.6 Å². The first-order valence-corrected chi connectivity index (χ1v) is 32.5. The summed E-state index contributed by atoms with van der Waals surface area (Å²) in [4.78, 5) is 102. The van der Waals surface area contributed by atoms with E-state index in [1.165, 1.54) is 0 Å². The molecule has 8 bridgehead atoms. The maximum atomic E-state index is 13.9. The number of hydrogen-bond acceptors (Lipinski definition) is 26. The van der Waals surface area contributed by atoms with Crippen molar-refractivity contribution in [3.05, 3.63) is 0 Å². The van der Waals surface area contributed by atoms with Crippen molar-refractivity contribution in [2.45, 2.75) is 206 Å². The molecule has 20 atom stereocenters. The van der Waals surface area contributed by atoms with Gasteiger partial charge in [0.15, 0.2) is 32.4 Å². The van der Waals surface area contributed by atoms with Gasteiger partial charge in [-0.05, 0) is 117 Å². The standard InChI is InChI=1S/C28H36F2O13S.C27H34F2O13S/c1-13(28(29,30)44(35,36)37)39-19(31)11-38-12-20(32)41-23-16-10-15-21(25(33)42-24(15)23)22(16)26(34)43-27(7-3-2-4-8-27)17-9-14-5-6-18(17)40-14;1-12(27(28,29)43(34,35)36)38-18(30)10-37-11-19(31)40-22-15-9-14-20(24(32)41-23(14)22)21(15)25(33)42-26(6-2-3-7-26)16-8-13-4-5-17(16)39-13/h13-18,21-24H,2-12H2,1H3,(H,35,36,37);12-17,20-23H,2-11H2,1H3,(H,34,35,36)/p-2. The molecular weight excluding hydrogens is 1220 g/mol. The van der Waals surface area contributed by atoms with E-state index < -0.39 is 188 Å². The van der Waals surface area contributed by atoms with Crippen molar-refractivity contribution >= 4 is 68.0 Å². The van der Waals surface area contributed by atoms with Gasteiger partial charge in [-0.25, -0.2) is 36.0 Å². The van der Waals surface area contributed by atoms with E-state index in [4.69, 9.17) is 47.4 Å². The first-order valence-electron chi connectivity index (χ1n) is 29.7. The van der Waals surface area contributed by atoms with Crippen LogP contribution in [0.1, 0.15) is 123 Å². The minimum atomic E-state index is -6.09. The lowest BCUT2D eigenvalue weighted by atomic mass is 9.69. The molecule has 0 amide bonds. The van der Waals surface area contributed by atoms with Gasteiger partial charge >= 0.3 is 58.3 Å². The zero-order valence-electron chi connectivity index (χ0n) is 47.3. The van der Waals surface area contributed by atoms with Gasteiger partial charge in [0, 0.05) is 35.5 Å². The monoisotopic (exact) mass is 1280 g/mol. The van der Waals surface area contributed by atoms with Crippen molar-refractivity contribution in [1.29, 1.82) is 0 Å². The van der Waals surface area contributed by atoms with E-state index in [1.54, 1.807) is 0 Å². The second-order valence-electron chi connectivity index (χ2n) is 25.4. The van der Waals surface area contributed by atoms with Crippen molar-refractivity contribution in [3.63, 3.8) is 0 Å². The van der Waals surface area contributed by atoms with Crippen LogP contribution in [0.2, 0.25) is 0 Å². The molecule has 6 aliphatic heterocycles. The van der Waals surface area contributed by atoms with Crippen molar-refractivity contribution < 1.29 is 139 Å². The predicted molar refractivity (Wildman–Crippen MR) is 270 cm³/mol. The van der Waals surface area contributed by atoms with Gasteiger partial charge in [0.2, 0.25) is 0 Å². The van der Waals surface area contributed by atoms with E-state index in [-0.39, 0.29) is 48.1 Å². The van der Waals surface area contributed by atoms with Gasteiger partial charge in [-0.15, -0.1) is 0 Å². The van der Waals surface area contributed by atoms with E-state index in [0.717, 1.165) is 96.3 Å². The molecule has 32 heteroatoms. The topological polar surface area (TPSA) is 362 Å². The largest absolute Gasteiger partial charge is 0.743 e. The molecule has 6 saturated carbocycles. The lowest BCUT2D eigenvalue weighted by Gasteiger charge is -2.45. The molecule has 6 heterocycles. The van der Waals surface area contributed by atoms with E-state index in [0.29, 0.717) is 26.7 Å². The highest BCUT2D eigenvalue weighted by Crippen LogP contribution is 2.62. The number of hydrogen-bond donors (Lipinski definition) is 0. The lowest BCUT2D eigenvalue weighted by Crippen LogP contribution is -2.51. The number of halogens is 4. The van der Waals surface area contributed by atoms with Gasteiger partial charge < -0.3 is 65.9 Å². The van der Waals surface area contributed by atoms with Crippen LogP contribution in [-0.2, 0) is 115 Å². The summed E-state index contributed by atoms with van der Waals surface area (Å²) in [5.41, 5.74) is -1.30.